The number of pyridine rings is 1. The highest BCUT2D eigenvalue weighted by atomic mass is 32.1. The number of thiophene rings is 1. The first kappa shape index (κ1) is 13.7. The molecule has 2 aromatic rings. The lowest BCUT2D eigenvalue weighted by atomic mass is 10.2. The minimum Gasteiger partial charge on any atom is -0.278 e. The largest absolute Gasteiger partial charge is 0.278 e. The van der Waals surface area contributed by atoms with Gasteiger partial charge in [-0.1, -0.05) is 6.07 Å². The maximum Gasteiger partial charge on any atom is 0.154 e. The molecule has 0 spiro atoms. The van der Waals surface area contributed by atoms with Crippen molar-refractivity contribution in [2.24, 2.45) is 4.99 Å². The van der Waals surface area contributed by atoms with Crippen LogP contribution < -0.4 is 5.48 Å². The number of hydrogen-bond donors (Lipinski definition) is 1. The van der Waals surface area contributed by atoms with Crippen LogP contribution in [0.2, 0.25) is 0 Å². The second-order valence-electron chi connectivity index (χ2n) is 4.26. The number of hydroxylamine groups is 1. The van der Waals surface area contributed by atoms with Crippen LogP contribution in [0.3, 0.4) is 0 Å². The number of amidine groups is 1. The molecule has 0 bridgehead atoms. The molecule has 0 amide bonds. The zero-order valence-corrected chi connectivity index (χ0v) is 12.1. The lowest BCUT2D eigenvalue weighted by molar-refractivity contribution is 0.143. The minimum absolute atomic E-state index is 0.702. The summed E-state index contributed by atoms with van der Waals surface area (Å²) in [5.41, 5.74) is 4.94. The van der Waals surface area contributed by atoms with Crippen LogP contribution in [0.25, 0.3) is 0 Å². The molecule has 2 aromatic heterocycles. The highest BCUT2D eigenvalue weighted by molar-refractivity contribution is 7.10. The quantitative estimate of drug-likeness (QED) is 0.529. The van der Waals surface area contributed by atoms with E-state index in [0.717, 1.165) is 17.1 Å². The van der Waals surface area contributed by atoms with Crippen molar-refractivity contribution in [3.05, 3.63) is 45.8 Å². The van der Waals surface area contributed by atoms with Gasteiger partial charge in [-0.05, 0) is 43.0 Å². The molecule has 0 radical (unpaired) electrons. The average molecular weight is 275 g/mol. The summed E-state index contributed by atoms with van der Waals surface area (Å²) in [5.74, 6) is 1.45. The third-order valence-corrected chi connectivity index (χ3v) is 3.35. The average Bonchev–Trinajstić information content (AvgIpc) is 2.80. The number of aromatic nitrogens is 1. The Kier molecular flexibility index (Phi) is 4.65. The first-order valence-corrected chi connectivity index (χ1v) is 6.89. The molecule has 0 aromatic carbocycles. The van der Waals surface area contributed by atoms with Crippen LogP contribution >= 0.6 is 11.3 Å². The number of nitrogens with zero attached hydrogens (tertiary/aromatic N) is 2. The monoisotopic (exact) mass is 275 g/mol. The van der Waals surface area contributed by atoms with Gasteiger partial charge in [0.1, 0.15) is 5.84 Å². The van der Waals surface area contributed by atoms with Gasteiger partial charge < -0.3 is 0 Å². The smallest absolute Gasteiger partial charge is 0.154 e. The van der Waals surface area contributed by atoms with E-state index < -0.39 is 0 Å². The van der Waals surface area contributed by atoms with Crippen LogP contribution in [0.5, 0.6) is 0 Å². The van der Waals surface area contributed by atoms with Gasteiger partial charge in [0.2, 0.25) is 0 Å². The van der Waals surface area contributed by atoms with Gasteiger partial charge in [0.05, 0.1) is 7.11 Å². The molecule has 0 aliphatic carbocycles. The standard InChI is InChI=1S/C14H17N3OS/c1-10-7-11(2)15-13(8-10)16-14(17-18-3)9-12-5-4-6-19-12/h4-8H,9H2,1-3H3,(H,15,16,17). The van der Waals surface area contributed by atoms with Gasteiger partial charge in [-0.2, -0.15) is 0 Å². The molecule has 5 heteroatoms. The van der Waals surface area contributed by atoms with E-state index >= 15 is 0 Å². The molecule has 0 saturated carbocycles. The normalized spacial score (nSPS) is 11.6. The Labute approximate surface area is 117 Å². The molecule has 2 rings (SSSR count). The summed E-state index contributed by atoms with van der Waals surface area (Å²) in [7, 11) is 1.58. The summed E-state index contributed by atoms with van der Waals surface area (Å²) in [5, 5.41) is 2.05. The van der Waals surface area contributed by atoms with E-state index in [9.17, 15) is 0 Å². The number of hydrogen-bond acceptors (Lipinski definition) is 4. The predicted octanol–water partition coefficient (Wildman–Crippen LogP) is 3.18. The molecule has 0 saturated heterocycles. The van der Waals surface area contributed by atoms with E-state index in [2.05, 4.69) is 26.9 Å². The van der Waals surface area contributed by atoms with E-state index in [1.165, 1.54) is 4.88 Å². The Morgan fingerprint density at radius 2 is 2.26 bits per heavy atom. The Balaban J connectivity index is 2.24. The fourth-order valence-corrected chi connectivity index (χ4v) is 2.52. The number of aryl methyl sites for hydroxylation is 2. The van der Waals surface area contributed by atoms with Crippen LogP contribution in [0.15, 0.2) is 34.6 Å². The van der Waals surface area contributed by atoms with Crippen molar-refractivity contribution in [2.75, 3.05) is 7.11 Å². The van der Waals surface area contributed by atoms with E-state index in [4.69, 9.17) is 4.84 Å². The van der Waals surface area contributed by atoms with E-state index in [1.807, 2.05) is 32.0 Å². The summed E-state index contributed by atoms with van der Waals surface area (Å²) >= 11 is 1.70. The van der Waals surface area contributed by atoms with Crippen molar-refractivity contribution < 1.29 is 4.84 Å². The molecule has 1 N–H and O–H groups in total. The molecular formula is C14H17N3OS. The Morgan fingerprint density at radius 1 is 1.42 bits per heavy atom. The topological polar surface area (TPSA) is 46.5 Å². The van der Waals surface area contributed by atoms with Crippen LogP contribution in [0.1, 0.15) is 16.1 Å². The van der Waals surface area contributed by atoms with Crippen molar-refractivity contribution in [3.8, 4) is 0 Å². The molecule has 2 heterocycles. The van der Waals surface area contributed by atoms with E-state index in [1.54, 1.807) is 18.4 Å². The van der Waals surface area contributed by atoms with Gasteiger partial charge in [-0.3, -0.25) is 10.3 Å². The lowest BCUT2D eigenvalue weighted by Gasteiger charge is -2.07. The number of rotatable bonds is 4. The van der Waals surface area contributed by atoms with Gasteiger partial charge in [-0.25, -0.2) is 9.98 Å². The molecular weight excluding hydrogens is 258 g/mol. The fourth-order valence-electron chi connectivity index (χ4n) is 1.81. The van der Waals surface area contributed by atoms with Crippen molar-refractivity contribution >= 4 is 23.0 Å². The zero-order chi connectivity index (χ0) is 13.7. The molecule has 100 valence electrons. The van der Waals surface area contributed by atoms with Crippen LogP contribution in [0, 0.1) is 13.8 Å². The second kappa shape index (κ2) is 6.45. The first-order chi connectivity index (χ1) is 9.17. The zero-order valence-electron chi connectivity index (χ0n) is 11.3. The summed E-state index contributed by atoms with van der Waals surface area (Å²) in [4.78, 5) is 15.1. The lowest BCUT2D eigenvalue weighted by Crippen LogP contribution is -2.23. The van der Waals surface area contributed by atoms with Crippen molar-refractivity contribution in [1.82, 2.24) is 10.5 Å². The van der Waals surface area contributed by atoms with Gasteiger partial charge in [0.15, 0.2) is 5.82 Å². The Bertz CT molecular complexity index is 544. The molecule has 0 aliphatic heterocycles. The van der Waals surface area contributed by atoms with E-state index in [0.29, 0.717) is 12.2 Å². The summed E-state index contributed by atoms with van der Waals surface area (Å²) < 4.78 is 0. The van der Waals surface area contributed by atoms with Crippen molar-refractivity contribution in [2.45, 2.75) is 20.3 Å². The Hall–Kier alpha value is -1.72. The molecule has 0 fully saturated rings. The van der Waals surface area contributed by atoms with Gasteiger partial charge in [0.25, 0.3) is 0 Å². The second-order valence-corrected chi connectivity index (χ2v) is 5.30. The highest BCUT2D eigenvalue weighted by Gasteiger charge is 2.04. The molecule has 19 heavy (non-hydrogen) atoms. The summed E-state index contributed by atoms with van der Waals surface area (Å²) in [6.45, 7) is 4.01. The number of nitrogens with one attached hydrogen (secondary N) is 1. The van der Waals surface area contributed by atoms with Crippen LogP contribution in [-0.2, 0) is 11.3 Å². The molecule has 0 unspecified atom stereocenters. The third kappa shape index (κ3) is 4.15. The first-order valence-electron chi connectivity index (χ1n) is 6.01. The fraction of sp³-hybridized carbons (Fsp3) is 0.286. The summed E-state index contributed by atoms with van der Waals surface area (Å²) in [6.07, 6.45) is 0.709. The SMILES string of the molecule is CON/C(Cc1cccs1)=N/c1cc(C)cc(C)n1. The van der Waals surface area contributed by atoms with Crippen molar-refractivity contribution in [3.63, 3.8) is 0 Å². The van der Waals surface area contributed by atoms with Gasteiger partial charge in [0, 0.05) is 17.0 Å². The summed E-state index contributed by atoms with van der Waals surface area (Å²) in [6, 6.07) is 8.09. The molecule has 4 nitrogen and oxygen atoms in total. The highest BCUT2D eigenvalue weighted by Crippen LogP contribution is 2.15. The minimum atomic E-state index is 0.702. The van der Waals surface area contributed by atoms with E-state index in [-0.39, 0.29) is 0 Å². The predicted molar refractivity (Wildman–Crippen MR) is 79.0 cm³/mol. The third-order valence-electron chi connectivity index (χ3n) is 2.48. The van der Waals surface area contributed by atoms with Gasteiger partial charge >= 0.3 is 0 Å². The van der Waals surface area contributed by atoms with Gasteiger partial charge in [-0.15, -0.1) is 11.3 Å². The Morgan fingerprint density at radius 3 is 2.89 bits per heavy atom. The van der Waals surface area contributed by atoms with Crippen LogP contribution in [-0.4, -0.2) is 17.9 Å². The van der Waals surface area contributed by atoms with Crippen LogP contribution in [0.4, 0.5) is 5.82 Å². The molecule has 0 atom stereocenters. The van der Waals surface area contributed by atoms with Crippen molar-refractivity contribution in [1.29, 1.82) is 0 Å². The molecule has 0 aliphatic rings. The maximum atomic E-state index is 4.98. The number of aliphatic imine (C=N–C) groups is 1. The maximum absolute atomic E-state index is 4.98.